The van der Waals surface area contributed by atoms with Gasteiger partial charge in [-0.3, -0.25) is 24.0 Å². The molecule has 6 unspecified atom stereocenters. The van der Waals surface area contributed by atoms with E-state index in [2.05, 4.69) is 26.6 Å². The maximum Gasteiger partial charge on any atom is 0.305 e. The van der Waals surface area contributed by atoms with Crippen molar-refractivity contribution in [1.29, 1.82) is 0 Å². The second-order valence-corrected chi connectivity index (χ2v) is 13.4. The highest BCUT2D eigenvalue weighted by molar-refractivity contribution is 9.09. The first-order chi connectivity index (χ1) is 29.3. The topological polar surface area (TPSA) is 294 Å². The number of carbonyl (C=O) groups excluding carboxylic acids is 4. The molecular weight excluding hydrogens is 880 g/mol. The Balaban J connectivity index is -0.000000945. The molecule has 21 nitrogen and oxygen atoms in total. The van der Waals surface area contributed by atoms with Gasteiger partial charge in [-0.25, -0.2) is 0 Å². The lowest BCUT2D eigenvalue weighted by molar-refractivity contribution is -0.194. The van der Waals surface area contributed by atoms with E-state index in [0.29, 0.717) is 63.7 Å². The molecule has 22 heteroatoms. The Morgan fingerprint density at radius 2 is 0.934 bits per heavy atom. The van der Waals surface area contributed by atoms with Crippen LogP contribution in [0.1, 0.15) is 91.4 Å². The third-order valence-corrected chi connectivity index (χ3v) is 8.47. The number of hydrogen-bond acceptors (Lipinski definition) is 18. The van der Waals surface area contributed by atoms with Gasteiger partial charge in [-0.2, -0.15) is 0 Å². The highest BCUT2D eigenvalue weighted by Crippen LogP contribution is 2.07. The Morgan fingerprint density at radius 1 is 0.541 bits per heavy atom. The number of carboxylic acid groups (broad SMARTS) is 1. The van der Waals surface area contributed by atoms with Crippen LogP contribution in [-0.4, -0.2) is 185 Å². The first-order valence-corrected chi connectivity index (χ1v) is 21.6. The number of rotatable bonds is 37. The van der Waals surface area contributed by atoms with Crippen LogP contribution >= 0.6 is 15.9 Å². The third-order valence-electron chi connectivity index (χ3n) is 7.96. The average molecular weight is 956 g/mol. The number of nitrogens with one attached hydrogen (secondary N) is 2. The van der Waals surface area contributed by atoms with E-state index in [0.717, 1.165) is 6.42 Å². The molecule has 0 saturated heterocycles. The van der Waals surface area contributed by atoms with Gasteiger partial charge in [0.25, 0.3) is 0 Å². The summed E-state index contributed by atoms with van der Waals surface area (Å²) in [6, 6.07) is 0. The second kappa shape index (κ2) is 45.4. The van der Waals surface area contributed by atoms with E-state index < -0.39 is 36.8 Å². The molecule has 0 aliphatic rings. The van der Waals surface area contributed by atoms with E-state index >= 15 is 0 Å². The molecule has 0 heterocycles. The zero-order valence-electron chi connectivity index (χ0n) is 36.8. The predicted octanol–water partition coefficient (Wildman–Crippen LogP) is 1.17. The number of hydrogen-bond donors (Lipinski definition) is 7. The number of aliphatic hydroxyl groups excluding tert-OH is 4. The first-order valence-electron chi connectivity index (χ1n) is 20.5. The summed E-state index contributed by atoms with van der Waals surface area (Å²) in [5, 5.41) is 49.7. The summed E-state index contributed by atoms with van der Waals surface area (Å²) in [4.78, 5) is 56.1. The molecule has 0 radical (unpaired) electrons. The molecule has 0 saturated carbocycles. The lowest BCUT2D eigenvalue weighted by Gasteiger charge is -2.21. The van der Waals surface area contributed by atoms with Crippen molar-refractivity contribution in [2.75, 3.05) is 92.6 Å². The maximum absolute atomic E-state index is 11.8. The number of ether oxygens (including phenoxy) is 9. The summed E-state index contributed by atoms with van der Waals surface area (Å²) in [5.74, 6) is -2.05. The Kier molecular flexibility index (Phi) is 46.7. The van der Waals surface area contributed by atoms with Crippen molar-refractivity contribution in [2.45, 2.75) is 129 Å². The molecule has 0 aliphatic heterocycles. The fourth-order valence-electron chi connectivity index (χ4n) is 4.23. The van der Waals surface area contributed by atoms with Crippen molar-refractivity contribution in [1.82, 2.24) is 10.6 Å². The van der Waals surface area contributed by atoms with Crippen molar-refractivity contribution < 1.29 is 92.1 Å². The number of aliphatic carboxylic acids is 1. The molecule has 6 atom stereocenters. The number of aliphatic hydroxyl groups is 4. The standard InChI is InChI=1S/C20H37BrN2O8.C12H22O7.C7H16O4/c1-3-16(14-24)31-20(28-2)15-30-19(27)8-4-7-17(25)22-9-5-11-29-12-6-10-23-18(26)13-21;1-3-9(7-13)19-12(17-2)8-18-11(16)6-4-5-10(14)15;1-3-6(4-8)11-7(5-9)10-2/h16,20,24H,3-15H2,1-2H3,(H,22,25)(H,23,26);9,12-13H,3-8H2,1-2H3,(H,14,15);6-9H,3-5H2,1-2H3. The van der Waals surface area contributed by atoms with E-state index in [1.807, 2.05) is 20.8 Å². The van der Waals surface area contributed by atoms with Crippen LogP contribution in [0.25, 0.3) is 0 Å². The molecule has 0 aromatic heterocycles. The van der Waals surface area contributed by atoms with Gasteiger partial charge in [-0.05, 0) is 44.9 Å². The lowest BCUT2D eigenvalue weighted by atomic mass is 10.2. The molecule has 0 spiro atoms. The average Bonchev–Trinajstić information content (AvgIpc) is 3.26. The summed E-state index contributed by atoms with van der Waals surface area (Å²) in [5.41, 5.74) is 0. The van der Waals surface area contributed by atoms with Gasteiger partial charge in [0.2, 0.25) is 11.8 Å². The minimum atomic E-state index is -0.945. The molecule has 362 valence electrons. The summed E-state index contributed by atoms with van der Waals surface area (Å²) >= 11 is 3.07. The fraction of sp³-hybridized carbons (Fsp3) is 0.872. The van der Waals surface area contributed by atoms with Gasteiger partial charge in [-0.1, -0.05) is 36.7 Å². The number of carboxylic acids is 1. The minimum absolute atomic E-state index is 0.0416. The van der Waals surface area contributed by atoms with Crippen molar-refractivity contribution in [3.63, 3.8) is 0 Å². The van der Waals surface area contributed by atoms with Crippen LogP contribution in [0.5, 0.6) is 0 Å². The summed E-state index contributed by atoms with van der Waals surface area (Å²) in [6.45, 7) is 7.10. The fourth-order valence-corrected chi connectivity index (χ4v) is 4.43. The molecule has 7 N–H and O–H groups in total. The molecular formula is C39H75BrN2O19. The van der Waals surface area contributed by atoms with Gasteiger partial charge in [0.05, 0.1) is 50.1 Å². The summed E-state index contributed by atoms with van der Waals surface area (Å²) in [7, 11) is 4.29. The van der Waals surface area contributed by atoms with Crippen LogP contribution < -0.4 is 10.6 Å². The number of amides is 2. The van der Waals surface area contributed by atoms with Crippen LogP contribution in [0, 0.1) is 0 Å². The van der Waals surface area contributed by atoms with Gasteiger partial charge >= 0.3 is 17.9 Å². The van der Waals surface area contributed by atoms with Crippen molar-refractivity contribution >= 4 is 45.7 Å². The van der Waals surface area contributed by atoms with Crippen LogP contribution in [0.2, 0.25) is 0 Å². The van der Waals surface area contributed by atoms with Gasteiger partial charge in [0.15, 0.2) is 18.9 Å². The Morgan fingerprint density at radius 3 is 1.28 bits per heavy atom. The van der Waals surface area contributed by atoms with Crippen LogP contribution in [0.4, 0.5) is 0 Å². The molecule has 0 aromatic rings. The van der Waals surface area contributed by atoms with Crippen molar-refractivity contribution in [3.05, 3.63) is 0 Å². The number of carbonyl (C=O) groups is 5. The van der Waals surface area contributed by atoms with E-state index in [9.17, 15) is 24.0 Å². The minimum Gasteiger partial charge on any atom is -0.481 e. The van der Waals surface area contributed by atoms with Crippen molar-refractivity contribution in [3.8, 4) is 0 Å². The Bertz CT molecular complexity index is 1050. The largest absolute Gasteiger partial charge is 0.481 e. The molecule has 61 heavy (non-hydrogen) atoms. The van der Waals surface area contributed by atoms with E-state index in [1.165, 1.54) is 21.3 Å². The molecule has 0 bridgehead atoms. The molecule has 0 rings (SSSR count). The van der Waals surface area contributed by atoms with E-state index in [1.54, 1.807) is 0 Å². The number of methoxy groups -OCH3 is 3. The first kappa shape index (κ1) is 62.7. The smallest absolute Gasteiger partial charge is 0.305 e. The van der Waals surface area contributed by atoms with Crippen molar-refractivity contribution in [2.24, 2.45) is 0 Å². The summed E-state index contributed by atoms with van der Waals surface area (Å²) < 4.78 is 46.2. The van der Waals surface area contributed by atoms with Gasteiger partial charge < -0.3 is 78.8 Å². The quantitative estimate of drug-likeness (QED) is 0.0199. The van der Waals surface area contributed by atoms with Crippen LogP contribution in [0.15, 0.2) is 0 Å². The van der Waals surface area contributed by atoms with E-state index in [-0.39, 0.29) is 102 Å². The molecule has 0 aromatic carbocycles. The highest BCUT2D eigenvalue weighted by atomic mass is 79.9. The number of esters is 2. The maximum atomic E-state index is 11.8. The van der Waals surface area contributed by atoms with Crippen LogP contribution in [0.3, 0.4) is 0 Å². The predicted molar refractivity (Wildman–Crippen MR) is 223 cm³/mol. The van der Waals surface area contributed by atoms with Gasteiger partial charge in [0.1, 0.15) is 13.2 Å². The highest BCUT2D eigenvalue weighted by Gasteiger charge is 2.18. The molecule has 2 amide bonds. The monoisotopic (exact) mass is 954 g/mol. The molecule has 0 aliphatic carbocycles. The lowest BCUT2D eigenvalue weighted by Crippen LogP contribution is -2.30. The Labute approximate surface area is 368 Å². The third kappa shape index (κ3) is 41.2. The Hall–Kier alpha value is -2.61. The zero-order chi connectivity index (χ0) is 46.7. The zero-order valence-corrected chi connectivity index (χ0v) is 38.4. The van der Waals surface area contributed by atoms with Gasteiger partial charge in [-0.15, -0.1) is 0 Å². The normalized spacial score (nSPS) is 13.8. The van der Waals surface area contributed by atoms with Gasteiger partial charge in [0, 0.05) is 73.3 Å². The number of halogens is 1. The second-order valence-electron chi connectivity index (χ2n) is 12.8. The van der Waals surface area contributed by atoms with Crippen LogP contribution in [-0.2, 0) is 66.6 Å². The van der Waals surface area contributed by atoms with E-state index in [4.69, 9.17) is 68.2 Å². The number of alkyl halides is 1. The summed E-state index contributed by atoms with van der Waals surface area (Å²) in [6.07, 6.45) is 1.23. The SMILES string of the molecule is CCC(CO)OC(CO)OC.CCC(CO)OC(COC(=O)CCCC(=O)NCCCOCCCNC(=O)CBr)OC.CCC(CO)OC(COC(=O)CCCC(=O)O)OC. The molecule has 0 fully saturated rings.